The number of hydrogen-bond acceptors (Lipinski definition) is 8. The lowest BCUT2D eigenvalue weighted by molar-refractivity contribution is -0.153. The molecule has 3 aromatic carbocycles. The number of methoxy groups -OCH3 is 1. The van der Waals surface area contributed by atoms with Gasteiger partial charge in [0.15, 0.2) is 11.6 Å². The first-order chi connectivity index (χ1) is 25.0. The van der Waals surface area contributed by atoms with E-state index in [0.717, 1.165) is 35.2 Å². The van der Waals surface area contributed by atoms with Crippen LogP contribution in [0, 0.1) is 11.7 Å². The summed E-state index contributed by atoms with van der Waals surface area (Å²) in [6, 6.07) is 12.6. The standard InChI is InChI=1S/C37H36Cl2F3N5O5/c1-46-27-13-14-47(18-31(40)41)17-26(27)44-35(46)36(48)45-25-8-4-7-23(32(25)38)20-5-3-6-22-21(20)11-12-28(22)51-30-15-29(50-2)24(34(42)33(30)39)16-43-52-37(49)19-9-10-19/h3-8,15,19,28,31,43H,9-14,16-18H2,1-2H3,(H,45,48). The fraction of sp³-hybridized carbons (Fsp3) is 0.378. The van der Waals surface area contributed by atoms with Gasteiger partial charge in [-0.05, 0) is 48.4 Å². The summed E-state index contributed by atoms with van der Waals surface area (Å²) in [5.74, 6) is -1.25. The third-order valence-corrected chi connectivity index (χ3v) is 10.5. The number of nitrogens with one attached hydrogen (secondary N) is 2. The van der Waals surface area contributed by atoms with E-state index in [0.29, 0.717) is 47.8 Å². The highest BCUT2D eigenvalue weighted by molar-refractivity contribution is 6.36. The van der Waals surface area contributed by atoms with Gasteiger partial charge in [-0.1, -0.05) is 53.5 Å². The largest absolute Gasteiger partial charge is 0.496 e. The van der Waals surface area contributed by atoms with E-state index < -0.39 is 24.3 Å². The van der Waals surface area contributed by atoms with E-state index in [4.69, 9.17) is 37.5 Å². The molecule has 52 heavy (non-hydrogen) atoms. The normalized spacial score (nSPS) is 16.8. The van der Waals surface area contributed by atoms with E-state index >= 15 is 4.39 Å². The summed E-state index contributed by atoms with van der Waals surface area (Å²) in [6.45, 7) is 0.220. The van der Waals surface area contributed by atoms with Gasteiger partial charge in [-0.2, -0.15) is 0 Å². The van der Waals surface area contributed by atoms with Gasteiger partial charge in [-0.25, -0.2) is 18.2 Å². The molecule has 1 atom stereocenters. The Kier molecular flexibility index (Phi) is 10.4. The fourth-order valence-corrected chi connectivity index (χ4v) is 7.42. The van der Waals surface area contributed by atoms with Crippen LogP contribution in [0.15, 0.2) is 42.5 Å². The highest BCUT2D eigenvalue weighted by atomic mass is 35.5. The van der Waals surface area contributed by atoms with Gasteiger partial charge < -0.3 is 24.2 Å². The van der Waals surface area contributed by atoms with Crippen molar-refractivity contribution in [1.29, 1.82) is 0 Å². The Balaban J connectivity index is 1.08. The van der Waals surface area contributed by atoms with Crippen LogP contribution in [0.3, 0.4) is 0 Å². The Morgan fingerprint density at radius 1 is 1.04 bits per heavy atom. The minimum atomic E-state index is -2.45. The van der Waals surface area contributed by atoms with E-state index in [2.05, 4.69) is 15.8 Å². The lowest BCUT2D eigenvalue weighted by Gasteiger charge is -2.25. The van der Waals surface area contributed by atoms with E-state index in [1.54, 1.807) is 28.6 Å². The number of amides is 1. The second-order valence-electron chi connectivity index (χ2n) is 13.1. The molecule has 0 radical (unpaired) electrons. The number of anilines is 1. The molecular weight excluding hydrogens is 722 g/mol. The highest BCUT2D eigenvalue weighted by Gasteiger charge is 2.33. The average Bonchev–Trinajstić information content (AvgIpc) is 3.83. The van der Waals surface area contributed by atoms with Crippen molar-refractivity contribution >= 4 is 40.8 Å². The molecule has 1 aromatic heterocycles. The molecular formula is C37H36Cl2F3N5O5. The van der Waals surface area contributed by atoms with Gasteiger partial charge in [0.2, 0.25) is 0 Å². The van der Waals surface area contributed by atoms with Crippen LogP contribution in [0.4, 0.5) is 18.9 Å². The first kappa shape index (κ1) is 36.1. The molecule has 0 saturated heterocycles. The van der Waals surface area contributed by atoms with Crippen molar-refractivity contribution in [3.05, 3.63) is 92.2 Å². The van der Waals surface area contributed by atoms with Crippen molar-refractivity contribution in [3.63, 3.8) is 0 Å². The molecule has 1 fully saturated rings. The van der Waals surface area contributed by atoms with Gasteiger partial charge >= 0.3 is 5.97 Å². The molecule has 1 unspecified atom stereocenters. The molecule has 0 spiro atoms. The minimum absolute atomic E-state index is 0.0955. The Morgan fingerprint density at radius 2 is 1.81 bits per heavy atom. The number of fused-ring (bicyclic) bond motifs is 2. The zero-order chi connectivity index (χ0) is 36.7. The van der Waals surface area contributed by atoms with Gasteiger partial charge in [-0.15, -0.1) is 5.48 Å². The topological polar surface area (TPSA) is 107 Å². The van der Waals surface area contributed by atoms with Gasteiger partial charge in [0, 0.05) is 49.4 Å². The molecule has 4 aromatic rings. The number of carbonyl (C=O) groups excluding carboxylic acids is 2. The first-order valence-electron chi connectivity index (χ1n) is 17.0. The third-order valence-electron chi connectivity index (χ3n) is 9.74. The van der Waals surface area contributed by atoms with Crippen molar-refractivity contribution in [2.24, 2.45) is 13.0 Å². The SMILES string of the molecule is COc1cc(OC2CCc3c(-c4cccc(NC(=O)c5nc6c(n5C)CCN(CC(F)F)C6)c4Cl)cccc32)c(Cl)c(F)c1CNOC(=O)C1CC1. The van der Waals surface area contributed by atoms with Crippen molar-refractivity contribution < 1.29 is 37.1 Å². The number of hydroxylamine groups is 1. The Labute approximate surface area is 308 Å². The summed E-state index contributed by atoms with van der Waals surface area (Å²) in [4.78, 5) is 36.5. The summed E-state index contributed by atoms with van der Waals surface area (Å²) >= 11 is 13.4. The van der Waals surface area contributed by atoms with Crippen LogP contribution in [-0.4, -0.2) is 53.0 Å². The number of carbonyl (C=O) groups is 2. The van der Waals surface area contributed by atoms with Crippen molar-refractivity contribution in [3.8, 4) is 22.6 Å². The molecule has 0 bridgehead atoms. The van der Waals surface area contributed by atoms with E-state index in [-0.39, 0.29) is 59.4 Å². The van der Waals surface area contributed by atoms with Crippen LogP contribution in [0.5, 0.6) is 11.5 Å². The van der Waals surface area contributed by atoms with Crippen molar-refractivity contribution in [2.45, 2.75) is 57.7 Å². The first-order valence-corrected chi connectivity index (χ1v) is 17.7. The smallest absolute Gasteiger partial charge is 0.327 e. The maximum atomic E-state index is 15.5. The Bertz CT molecular complexity index is 2040. The third kappa shape index (κ3) is 7.19. The summed E-state index contributed by atoms with van der Waals surface area (Å²) < 4.78 is 54.9. The number of halogens is 5. The number of benzene rings is 3. The quantitative estimate of drug-likeness (QED) is 0.144. The molecule has 274 valence electrons. The molecule has 2 aliphatic carbocycles. The molecule has 3 aliphatic rings. The molecule has 15 heteroatoms. The molecule has 1 aliphatic heterocycles. The number of aromatic nitrogens is 2. The van der Waals surface area contributed by atoms with Crippen LogP contribution in [0.25, 0.3) is 11.1 Å². The Morgan fingerprint density at radius 3 is 2.56 bits per heavy atom. The zero-order valence-corrected chi connectivity index (χ0v) is 29.9. The second-order valence-corrected chi connectivity index (χ2v) is 13.9. The summed E-state index contributed by atoms with van der Waals surface area (Å²) in [5.41, 5.74) is 7.87. The van der Waals surface area contributed by atoms with Crippen LogP contribution < -0.4 is 20.3 Å². The highest BCUT2D eigenvalue weighted by Crippen LogP contribution is 2.45. The summed E-state index contributed by atoms with van der Waals surface area (Å²) in [5, 5.41) is 3.00. The minimum Gasteiger partial charge on any atom is -0.496 e. The average molecular weight is 759 g/mol. The maximum absolute atomic E-state index is 15.5. The van der Waals surface area contributed by atoms with Crippen LogP contribution in [0.2, 0.25) is 10.0 Å². The lowest BCUT2D eigenvalue weighted by atomic mass is 9.96. The molecule has 1 saturated carbocycles. The van der Waals surface area contributed by atoms with Gasteiger partial charge in [0.25, 0.3) is 12.3 Å². The molecule has 1 amide bonds. The molecule has 10 nitrogen and oxygen atoms in total. The van der Waals surface area contributed by atoms with Crippen molar-refractivity contribution in [1.82, 2.24) is 19.9 Å². The van der Waals surface area contributed by atoms with Crippen LogP contribution in [0.1, 0.15) is 64.1 Å². The number of nitrogens with zero attached hydrogens (tertiary/aromatic N) is 3. The predicted octanol–water partition coefficient (Wildman–Crippen LogP) is 7.44. The van der Waals surface area contributed by atoms with Gasteiger partial charge in [0.1, 0.15) is 22.6 Å². The summed E-state index contributed by atoms with van der Waals surface area (Å²) in [7, 11) is 3.14. The molecule has 2 N–H and O–H groups in total. The monoisotopic (exact) mass is 757 g/mol. The number of imidazole rings is 1. The molecule has 7 rings (SSSR count). The van der Waals surface area contributed by atoms with Gasteiger partial charge in [-0.3, -0.25) is 14.5 Å². The maximum Gasteiger partial charge on any atom is 0.327 e. The van der Waals surface area contributed by atoms with Crippen molar-refractivity contribution in [2.75, 3.05) is 25.5 Å². The number of hydrogen-bond donors (Lipinski definition) is 2. The van der Waals surface area contributed by atoms with Gasteiger partial charge in [0.05, 0.1) is 42.5 Å². The predicted molar refractivity (Wildman–Crippen MR) is 188 cm³/mol. The van der Waals surface area contributed by atoms with E-state index in [1.165, 1.54) is 13.2 Å². The van der Waals surface area contributed by atoms with E-state index in [1.807, 2.05) is 24.3 Å². The molecule has 2 heterocycles. The van der Waals surface area contributed by atoms with Crippen LogP contribution in [-0.2, 0) is 42.6 Å². The zero-order valence-electron chi connectivity index (χ0n) is 28.4. The number of alkyl halides is 2. The summed E-state index contributed by atoms with van der Waals surface area (Å²) in [6.07, 6.45) is 0.392. The number of ether oxygens (including phenoxy) is 2. The second kappa shape index (κ2) is 15.0. The van der Waals surface area contributed by atoms with Crippen LogP contribution >= 0.6 is 23.2 Å². The number of rotatable bonds is 12. The lowest BCUT2D eigenvalue weighted by Crippen LogP contribution is -2.34. The van der Waals surface area contributed by atoms with E-state index in [9.17, 15) is 18.4 Å². The fourth-order valence-electron chi connectivity index (χ4n) is 6.93. The Hall–Kier alpha value is -4.30.